The van der Waals surface area contributed by atoms with E-state index >= 15 is 0 Å². The summed E-state index contributed by atoms with van der Waals surface area (Å²) in [7, 11) is 0. The van der Waals surface area contributed by atoms with Crippen LogP contribution in [0.25, 0.3) is 0 Å². The number of hydrazone groups is 1. The second-order valence-corrected chi connectivity index (χ2v) is 7.18. The largest absolute Gasteiger partial charge is 0.490 e. The molecule has 3 aromatic rings. The number of anilines is 1. The third-order valence-corrected chi connectivity index (χ3v) is 4.71. The van der Waals surface area contributed by atoms with Crippen molar-refractivity contribution in [3.63, 3.8) is 0 Å². The van der Waals surface area contributed by atoms with Gasteiger partial charge in [0.25, 0.3) is 5.91 Å². The third-order valence-electron chi connectivity index (χ3n) is 4.71. The van der Waals surface area contributed by atoms with Gasteiger partial charge in [-0.25, -0.2) is 5.43 Å². The summed E-state index contributed by atoms with van der Waals surface area (Å²) in [5, 5.41) is 4.03. The molecule has 0 fully saturated rings. The number of nitrogens with one attached hydrogen (secondary N) is 1. The van der Waals surface area contributed by atoms with Crippen LogP contribution in [0.15, 0.2) is 65.8 Å². The predicted octanol–water partition coefficient (Wildman–Crippen LogP) is 4.63. The highest BCUT2D eigenvalue weighted by Gasteiger charge is 2.08. The SMILES string of the molecule is CCOc1cc(/C=N\NC(=O)c2ccc(N)cc2)ccc1OCc1cc(C)ccc1C. The molecule has 0 radical (unpaired) electrons. The Morgan fingerprint density at radius 2 is 1.77 bits per heavy atom. The number of nitrogen functional groups attached to an aromatic ring is 1. The van der Waals surface area contributed by atoms with Gasteiger partial charge >= 0.3 is 0 Å². The molecule has 31 heavy (non-hydrogen) atoms. The van der Waals surface area contributed by atoms with E-state index in [0.717, 1.165) is 11.1 Å². The zero-order valence-corrected chi connectivity index (χ0v) is 18.0. The van der Waals surface area contributed by atoms with Crippen molar-refractivity contribution in [1.82, 2.24) is 5.43 Å². The van der Waals surface area contributed by atoms with Gasteiger partial charge in [0.1, 0.15) is 6.61 Å². The number of nitrogens with zero attached hydrogens (tertiary/aromatic N) is 1. The first-order chi connectivity index (χ1) is 15.0. The highest BCUT2D eigenvalue weighted by atomic mass is 16.5. The lowest BCUT2D eigenvalue weighted by atomic mass is 10.1. The summed E-state index contributed by atoms with van der Waals surface area (Å²) in [6.07, 6.45) is 1.56. The lowest BCUT2D eigenvalue weighted by molar-refractivity contribution is 0.0955. The first kappa shape index (κ1) is 21.9. The predicted molar refractivity (Wildman–Crippen MR) is 124 cm³/mol. The molecule has 0 atom stereocenters. The summed E-state index contributed by atoms with van der Waals surface area (Å²) in [6, 6.07) is 18.5. The van der Waals surface area contributed by atoms with E-state index in [2.05, 4.69) is 42.6 Å². The Labute approximate surface area is 182 Å². The Hall–Kier alpha value is -3.80. The van der Waals surface area contributed by atoms with Crippen LogP contribution in [-0.4, -0.2) is 18.7 Å². The highest BCUT2D eigenvalue weighted by molar-refractivity contribution is 5.95. The summed E-state index contributed by atoms with van der Waals surface area (Å²) in [5.41, 5.74) is 13.5. The first-order valence-corrected chi connectivity index (χ1v) is 10.1. The average molecular weight is 418 g/mol. The second kappa shape index (κ2) is 10.3. The maximum Gasteiger partial charge on any atom is 0.271 e. The maximum absolute atomic E-state index is 12.1. The molecule has 3 aromatic carbocycles. The zero-order valence-electron chi connectivity index (χ0n) is 18.0. The Morgan fingerprint density at radius 1 is 1.00 bits per heavy atom. The molecule has 6 nitrogen and oxygen atoms in total. The molecular formula is C25H27N3O3. The van der Waals surface area contributed by atoms with Crippen LogP contribution < -0.4 is 20.6 Å². The highest BCUT2D eigenvalue weighted by Crippen LogP contribution is 2.29. The molecule has 6 heteroatoms. The average Bonchev–Trinajstić information content (AvgIpc) is 2.76. The molecule has 0 spiro atoms. The summed E-state index contributed by atoms with van der Waals surface area (Å²) in [4.78, 5) is 12.1. The van der Waals surface area contributed by atoms with Crippen molar-refractivity contribution in [3.8, 4) is 11.5 Å². The van der Waals surface area contributed by atoms with Gasteiger partial charge in [-0.1, -0.05) is 23.8 Å². The van der Waals surface area contributed by atoms with Gasteiger partial charge in [-0.3, -0.25) is 4.79 Å². The van der Waals surface area contributed by atoms with Crippen LogP contribution in [-0.2, 0) is 6.61 Å². The van der Waals surface area contributed by atoms with Gasteiger partial charge in [0.05, 0.1) is 12.8 Å². The number of amides is 1. The number of carbonyl (C=O) groups excluding carboxylic acids is 1. The summed E-state index contributed by atoms with van der Waals surface area (Å²) in [6.45, 7) is 7.02. The minimum absolute atomic E-state index is 0.310. The monoisotopic (exact) mass is 417 g/mol. The summed E-state index contributed by atoms with van der Waals surface area (Å²) >= 11 is 0. The van der Waals surface area contributed by atoms with Crippen molar-refractivity contribution >= 4 is 17.8 Å². The fourth-order valence-electron chi connectivity index (χ4n) is 2.97. The fraction of sp³-hybridized carbons (Fsp3) is 0.200. The first-order valence-electron chi connectivity index (χ1n) is 10.1. The van der Waals surface area contributed by atoms with Crippen LogP contribution in [0.3, 0.4) is 0 Å². The quantitative estimate of drug-likeness (QED) is 0.318. The molecule has 1 amide bonds. The molecular weight excluding hydrogens is 390 g/mol. The molecule has 0 heterocycles. The van der Waals surface area contributed by atoms with E-state index in [9.17, 15) is 4.79 Å². The van der Waals surface area contributed by atoms with Gasteiger partial charge in [-0.05, 0) is 79.9 Å². The van der Waals surface area contributed by atoms with E-state index in [0.29, 0.717) is 36.0 Å². The van der Waals surface area contributed by atoms with Gasteiger partial charge in [0.15, 0.2) is 11.5 Å². The van der Waals surface area contributed by atoms with Crippen LogP contribution in [0, 0.1) is 13.8 Å². The molecule has 0 saturated heterocycles. The van der Waals surface area contributed by atoms with Gasteiger partial charge in [0.2, 0.25) is 0 Å². The summed E-state index contributed by atoms with van der Waals surface area (Å²) < 4.78 is 11.8. The van der Waals surface area contributed by atoms with Crippen LogP contribution >= 0.6 is 0 Å². The van der Waals surface area contributed by atoms with Crippen molar-refractivity contribution in [1.29, 1.82) is 0 Å². The number of aryl methyl sites for hydroxylation is 2. The lowest BCUT2D eigenvalue weighted by Gasteiger charge is -2.14. The minimum Gasteiger partial charge on any atom is -0.490 e. The van der Waals surface area contributed by atoms with Crippen molar-refractivity contribution in [2.75, 3.05) is 12.3 Å². The molecule has 0 aliphatic heterocycles. The third kappa shape index (κ3) is 6.09. The van der Waals surface area contributed by atoms with E-state index in [4.69, 9.17) is 15.2 Å². The molecule has 0 aliphatic rings. The Morgan fingerprint density at radius 3 is 2.52 bits per heavy atom. The normalized spacial score (nSPS) is 10.8. The van der Waals surface area contributed by atoms with Crippen molar-refractivity contribution < 1.29 is 14.3 Å². The fourth-order valence-corrected chi connectivity index (χ4v) is 2.97. The summed E-state index contributed by atoms with van der Waals surface area (Å²) in [5.74, 6) is 0.974. The van der Waals surface area contributed by atoms with Gasteiger partial charge in [-0.2, -0.15) is 5.10 Å². The molecule has 0 aromatic heterocycles. The van der Waals surface area contributed by atoms with E-state index in [1.54, 1.807) is 30.5 Å². The molecule has 0 unspecified atom stereocenters. The van der Waals surface area contributed by atoms with E-state index in [1.807, 2.05) is 25.1 Å². The topological polar surface area (TPSA) is 85.9 Å². The van der Waals surface area contributed by atoms with Gasteiger partial charge in [-0.15, -0.1) is 0 Å². The van der Waals surface area contributed by atoms with Gasteiger partial charge in [0, 0.05) is 11.3 Å². The van der Waals surface area contributed by atoms with Crippen LogP contribution in [0.2, 0.25) is 0 Å². The van der Waals surface area contributed by atoms with E-state index < -0.39 is 0 Å². The standard InChI is InChI=1S/C25H27N3O3/c1-4-30-24-14-19(15-27-28-25(29)20-8-10-22(26)11-9-20)7-12-23(24)31-16-21-13-17(2)5-6-18(21)3/h5-15H,4,16,26H2,1-3H3,(H,28,29)/b27-15-. The van der Waals surface area contributed by atoms with Crippen LogP contribution in [0.1, 0.15) is 39.5 Å². The molecule has 0 aliphatic carbocycles. The maximum atomic E-state index is 12.1. The molecule has 3 N–H and O–H groups in total. The number of benzene rings is 3. The molecule has 3 rings (SSSR count). The number of hydrogen-bond donors (Lipinski definition) is 2. The van der Waals surface area contributed by atoms with E-state index in [-0.39, 0.29) is 5.91 Å². The number of ether oxygens (including phenoxy) is 2. The minimum atomic E-state index is -0.310. The van der Waals surface area contributed by atoms with Crippen molar-refractivity contribution in [2.24, 2.45) is 5.10 Å². The molecule has 0 bridgehead atoms. The van der Waals surface area contributed by atoms with Crippen molar-refractivity contribution in [2.45, 2.75) is 27.4 Å². The Bertz CT molecular complexity index is 1080. The van der Waals surface area contributed by atoms with E-state index in [1.165, 1.54) is 11.1 Å². The Kier molecular flexibility index (Phi) is 7.27. The molecule has 0 saturated carbocycles. The van der Waals surface area contributed by atoms with Gasteiger partial charge < -0.3 is 15.2 Å². The number of carbonyl (C=O) groups is 1. The number of rotatable bonds is 8. The lowest BCUT2D eigenvalue weighted by Crippen LogP contribution is -2.17. The second-order valence-electron chi connectivity index (χ2n) is 7.18. The smallest absolute Gasteiger partial charge is 0.271 e. The number of nitrogens with two attached hydrogens (primary N) is 1. The number of hydrogen-bond acceptors (Lipinski definition) is 5. The Balaban J connectivity index is 1.67. The van der Waals surface area contributed by atoms with Crippen LogP contribution in [0.5, 0.6) is 11.5 Å². The molecule has 160 valence electrons. The van der Waals surface area contributed by atoms with Crippen LogP contribution in [0.4, 0.5) is 5.69 Å². The van der Waals surface area contributed by atoms with Crippen molar-refractivity contribution in [3.05, 3.63) is 88.5 Å². The zero-order chi connectivity index (χ0) is 22.2.